The Kier molecular flexibility index (Phi) is 11.2. The summed E-state index contributed by atoms with van der Waals surface area (Å²) in [5.41, 5.74) is 2.78. The molecule has 3 heteroatoms. The molecule has 1 nitrogen and oxygen atoms in total. The van der Waals surface area contributed by atoms with E-state index in [9.17, 15) is 0 Å². The Hall–Kier alpha value is 0.180. The molecule has 18 heavy (non-hydrogen) atoms. The number of halogens is 1. The molecule has 0 bridgehead atoms. The molecular weight excluding hydrogens is 352 g/mol. The lowest BCUT2D eigenvalue weighted by atomic mass is 10.2. The molecule has 0 aromatic heterocycles. The number of nitrogens with zero attached hydrogens (tertiary/aromatic N) is 1. The average Bonchev–Trinajstić information content (AvgIpc) is 2.39. The molecule has 0 heterocycles. The lowest BCUT2D eigenvalue weighted by molar-refractivity contribution is 0.678. The van der Waals surface area contributed by atoms with Crippen molar-refractivity contribution in [2.45, 2.75) is 45.7 Å². The Bertz CT molecular complexity index is 292. The molecule has 0 saturated heterocycles. The van der Waals surface area contributed by atoms with Crippen molar-refractivity contribution >= 4 is 38.9 Å². The standard InChI is InChI=1S/C15H26NP.HI/c1-3-5-11-16(12-6-4-2)15-9-7-14(13-17)8-10-15;/h7-10H,3-6,11-13,17H2,1-2H3;1H. The van der Waals surface area contributed by atoms with Crippen LogP contribution in [0.15, 0.2) is 24.3 Å². The van der Waals surface area contributed by atoms with Crippen LogP contribution in [0.3, 0.4) is 0 Å². The van der Waals surface area contributed by atoms with Gasteiger partial charge in [0.05, 0.1) is 0 Å². The number of anilines is 1. The molecule has 0 N–H and O–H groups in total. The third-order valence-electron chi connectivity index (χ3n) is 3.10. The highest BCUT2D eigenvalue weighted by atomic mass is 127. The van der Waals surface area contributed by atoms with Gasteiger partial charge in [-0.2, -0.15) is 0 Å². The lowest BCUT2D eigenvalue weighted by Gasteiger charge is -2.24. The van der Waals surface area contributed by atoms with Gasteiger partial charge in [-0.25, -0.2) is 0 Å². The fraction of sp³-hybridized carbons (Fsp3) is 0.600. The summed E-state index contributed by atoms with van der Waals surface area (Å²) in [6.07, 6.45) is 6.16. The van der Waals surface area contributed by atoms with E-state index in [1.54, 1.807) is 0 Å². The Morgan fingerprint density at radius 3 is 1.83 bits per heavy atom. The largest absolute Gasteiger partial charge is 0.372 e. The van der Waals surface area contributed by atoms with Crippen LogP contribution in [0.5, 0.6) is 0 Å². The number of rotatable bonds is 8. The maximum absolute atomic E-state index is 2.78. The minimum atomic E-state index is 0. The molecule has 1 aromatic carbocycles. The number of hydrogen-bond acceptors (Lipinski definition) is 1. The van der Waals surface area contributed by atoms with Crippen molar-refractivity contribution in [1.82, 2.24) is 0 Å². The predicted octanol–water partition coefficient (Wildman–Crippen LogP) is 5.09. The van der Waals surface area contributed by atoms with Crippen LogP contribution in [0.2, 0.25) is 0 Å². The molecule has 1 aromatic rings. The zero-order chi connectivity index (χ0) is 12.5. The first-order valence-corrected chi connectivity index (χ1v) is 7.67. The minimum absolute atomic E-state index is 0. The van der Waals surface area contributed by atoms with E-state index in [4.69, 9.17) is 0 Å². The Labute approximate surface area is 132 Å². The number of hydrogen-bond donors (Lipinski definition) is 0. The number of benzene rings is 1. The van der Waals surface area contributed by atoms with Crippen molar-refractivity contribution in [2.75, 3.05) is 18.0 Å². The van der Waals surface area contributed by atoms with Gasteiger partial charge in [-0.05, 0) is 36.7 Å². The van der Waals surface area contributed by atoms with Crippen molar-refractivity contribution in [3.05, 3.63) is 29.8 Å². The van der Waals surface area contributed by atoms with Gasteiger partial charge < -0.3 is 4.90 Å². The van der Waals surface area contributed by atoms with E-state index in [-0.39, 0.29) is 24.0 Å². The SMILES string of the molecule is CCCCN(CCCC)c1ccc(CP)cc1.I. The van der Waals surface area contributed by atoms with Crippen LogP contribution in [0.4, 0.5) is 5.69 Å². The van der Waals surface area contributed by atoms with E-state index < -0.39 is 0 Å². The van der Waals surface area contributed by atoms with Crippen molar-refractivity contribution in [1.29, 1.82) is 0 Å². The molecule has 0 aliphatic carbocycles. The fourth-order valence-corrected chi connectivity index (χ4v) is 2.18. The van der Waals surface area contributed by atoms with Crippen molar-refractivity contribution in [3.8, 4) is 0 Å². The first kappa shape index (κ1) is 18.2. The molecule has 1 rings (SSSR count). The zero-order valence-corrected chi connectivity index (χ0v) is 15.2. The van der Waals surface area contributed by atoms with Crippen LogP contribution in [0, 0.1) is 0 Å². The summed E-state index contributed by atoms with van der Waals surface area (Å²) in [4.78, 5) is 2.53. The van der Waals surface area contributed by atoms with Crippen LogP contribution in [-0.4, -0.2) is 13.1 Å². The normalized spacial score (nSPS) is 9.94. The van der Waals surface area contributed by atoms with E-state index in [1.807, 2.05) is 0 Å². The Morgan fingerprint density at radius 1 is 0.944 bits per heavy atom. The molecule has 0 aliphatic rings. The van der Waals surface area contributed by atoms with Crippen LogP contribution >= 0.6 is 33.2 Å². The van der Waals surface area contributed by atoms with Gasteiger partial charge in [0.1, 0.15) is 0 Å². The van der Waals surface area contributed by atoms with Crippen LogP contribution in [-0.2, 0) is 6.16 Å². The molecule has 0 spiro atoms. The smallest absolute Gasteiger partial charge is 0.0366 e. The summed E-state index contributed by atoms with van der Waals surface area (Å²) in [5, 5.41) is 0. The first-order valence-electron chi connectivity index (χ1n) is 6.85. The second-order valence-electron chi connectivity index (χ2n) is 4.56. The third-order valence-corrected chi connectivity index (χ3v) is 3.57. The summed E-state index contributed by atoms with van der Waals surface area (Å²) < 4.78 is 0. The van der Waals surface area contributed by atoms with E-state index >= 15 is 0 Å². The van der Waals surface area contributed by atoms with E-state index in [0.717, 1.165) is 6.16 Å². The molecule has 0 amide bonds. The summed E-state index contributed by atoms with van der Waals surface area (Å²) >= 11 is 0. The molecule has 1 atom stereocenters. The zero-order valence-electron chi connectivity index (χ0n) is 11.7. The van der Waals surface area contributed by atoms with Crippen LogP contribution in [0.1, 0.15) is 45.1 Å². The van der Waals surface area contributed by atoms with Crippen molar-refractivity contribution in [2.24, 2.45) is 0 Å². The first-order chi connectivity index (χ1) is 8.31. The highest BCUT2D eigenvalue weighted by Crippen LogP contribution is 2.18. The Morgan fingerprint density at radius 2 is 1.44 bits per heavy atom. The molecule has 1 unspecified atom stereocenters. The maximum Gasteiger partial charge on any atom is 0.0366 e. The van der Waals surface area contributed by atoms with E-state index in [0.29, 0.717) is 0 Å². The molecule has 0 fully saturated rings. The summed E-state index contributed by atoms with van der Waals surface area (Å²) in [7, 11) is 2.78. The second-order valence-corrected chi connectivity index (χ2v) is 4.97. The highest BCUT2D eigenvalue weighted by Gasteiger charge is 2.04. The predicted molar refractivity (Wildman–Crippen MR) is 97.3 cm³/mol. The van der Waals surface area contributed by atoms with E-state index in [2.05, 4.69) is 52.3 Å². The molecular formula is C15H27INP. The average molecular weight is 379 g/mol. The van der Waals surface area contributed by atoms with Gasteiger partial charge in [0.25, 0.3) is 0 Å². The van der Waals surface area contributed by atoms with Gasteiger partial charge in [0, 0.05) is 18.8 Å². The van der Waals surface area contributed by atoms with Gasteiger partial charge in [-0.1, -0.05) is 38.8 Å². The summed E-state index contributed by atoms with van der Waals surface area (Å²) in [6.45, 7) is 6.90. The van der Waals surface area contributed by atoms with Crippen molar-refractivity contribution < 1.29 is 0 Å². The van der Waals surface area contributed by atoms with Gasteiger partial charge in [0.2, 0.25) is 0 Å². The molecule has 104 valence electrons. The Balaban J connectivity index is 0.00000289. The monoisotopic (exact) mass is 379 g/mol. The minimum Gasteiger partial charge on any atom is -0.372 e. The van der Waals surface area contributed by atoms with Gasteiger partial charge >= 0.3 is 0 Å². The summed E-state index contributed by atoms with van der Waals surface area (Å²) in [6, 6.07) is 9.02. The molecule has 0 saturated carbocycles. The highest BCUT2D eigenvalue weighted by molar-refractivity contribution is 14.0. The van der Waals surface area contributed by atoms with Gasteiger partial charge in [-0.3, -0.25) is 0 Å². The third kappa shape index (κ3) is 6.38. The maximum atomic E-state index is 2.78. The number of unbranched alkanes of at least 4 members (excludes halogenated alkanes) is 2. The fourth-order valence-electron chi connectivity index (χ4n) is 1.91. The topological polar surface area (TPSA) is 3.24 Å². The van der Waals surface area contributed by atoms with Crippen LogP contribution < -0.4 is 4.90 Å². The quantitative estimate of drug-likeness (QED) is 0.450. The van der Waals surface area contributed by atoms with E-state index in [1.165, 1.54) is 50.0 Å². The van der Waals surface area contributed by atoms with Crippen LogP contribution in [0.25, 0.3) is 0 Å². The molecule has 0 aliphatic heterocycles. The van der Waals surface area contributed by atoms with Crippen molar-refractivity contribution in [3.63, 3.8) is 0 Å². The molecule has 0 radical (unpaired) electrons. The second kappa shape index (κ2) is 11.0. The summed E-state index contributed by atoms with van der Waals surface area (Å²) in [5.74, 6) is 0. The van der Waals surface area contributed by atoms with Gasteiger partial charge in [-0.15, -0.1) is 33.2 Å². The van der Waals surface area contributed by atoms with Gasteiger partial charge in [0.15, 0.2) is 0 Å². The lowest BCUT2D eigenvalue weighted by Crippen LogP contribution is -2.25.